The van der Waals surface area contributed by atoms with Gasteiger partial charge in [0.1, 0.15) is 23.2 Å². The molecule has 0 radical (unpaired) electrons. The maximum absolute atomic E-state index is 12.0. The summed E-state index contributed by atoms with van der Waals surface area (Å²) in [5, 5.41) is 6.93. The Balaban J connectivity index is 0.000000168. The zero-order chi connectivity index (χ0) is 22.0. The normalized spacial score (nSPS) is 13.5. The minimum absolute atomic E-state index is 0.0789. The number of nitrogens with zero attached hydrogens (tertiary/aromatic N) is 5. The van der Waals surface area contributed by atoms with Crippen LogP contribution in [0.15, 0.2) is 49.1 Å². The third kappa shape index (κ3) is 4.38. The first-order valence-electron chi connectivity index (χ1n) is 9.32. The van der Waals surface area contributed by atoms with Crippen LogP contribution in [0.5, 0.6) is 0 Å². The highest BCUT2D eigenvalue weighted by atomic mass is 35.5. The average Bonchev–Trinajstić information content (AvgIpc) is 3.24. The summed E-state index contributed by atoms with van der Waals surface area (Å²) in [6, 6.07) is 6.93. The summed E-state index contributed by atoms with van der Waals surface area (Å²) >= 11 is 5.39. The number of aromatic nitrogens is 5. The summed E-state index contributed by atoms with van der Waals surface area (Å²) in [5.41, 5.74) is 7.54. The van der Waals surface area contributed by atoms with Crippen molar-refractivity contribution in [3.05, 3.63) is 65.2 Å². The highest BCUT2D eigenvalue weighted by molar-refractivity contribution is 6.33. The second-order valence-corrected chi connectivity index (χ2v) is 7.21. The molecule has 31 heavy (non-hydrogen) atoms. The van der Waals surface area contributed by atoms with Gasteiger partial charge in [0, 0.05) is 12.7 Å². The van der Waals surface area contributed by atoms with Crippen LogP contribution in [0, 0.1) is 0 Å². The van der Waals surface area contributed by atoms with Gasteiger partial charge in [-0.1, -0.05) is 17.7 Å². The fourth-order valence-corrected chi connectivity index (χ4v) is 3.45. The molecule has 0 spiro atoms. The van der Waals surface area contributed by atoms with Crippen molar-refractivity contribution in [3.8, 4) is 0 Å². The molecule has 0 saturated carbocycles. The Morgan fingerprint density at radius 2 is 1.94 bits per heavy atom. The van der Waals surface area contributed by atoms with Gasteiger partial charge in [0.2, 0.25) is 0 Å². The van der Waals surface area contributed by atoms with E-state index in [0.29, 0.717) is 0 Å². The van der Waals surface area contributed by atoms with Gasteiger partial charge < -0.3 is 10.6 Å². The summed E-state index contributed by atoms with van der Waals surface area (Å²) in [4.78, 5) is 15.2. The van der Waals surface area contributed by atoms with E-state index in [0.717, 1.165) is 60.3 Å². The Morgan fingerprint density at radius 3 is 2.71 bits per heavy atom. The van der Waals surface area contributed by atoms with Gasteiger partial charge in [0.15, 0.2) is 5.82 Å². The first-order valence-corrected chi connectivity index (χ1v) is 9.70. The number of aromatic amines is 1. The fraction of sp³-hybridized carbons (Fsp3) is 0.200. The summed E-state index contributed by atoms with van der Waals surface area (Å²) in [6.45, 7) is 0.912. The SMILES string of the molecule is Nc1ccc(C(F)(F)F)cc1Cl.c1cnc2c(c1)CCCN2c1ncnc2cn[nH]c12. The zero-order valence-corrected chi connectivity index (χ0v) is 16.8. The summed E-state index contributed by atoms with van der Waals surface area (Å²) < 4.78 is 36.0. The van der Waals surface area contributed by atoms with Crippen LogP contribution >= 0.6 is 11.6 Å². The van der Waals surface area contributed by atoms with Gasteiger partial charge in [-0.3, -0.25) is 5.10 Å². The molecule has 0 atom stereocenters. The third-order valence-corrected chi connectivity index (χ3v) is 5.08. The van der Waals surface area contributed by atoms with Crippen molar-refractivity contribution in [1.82, 2.24) is 25.1 Å². The third-order valence-electron chi connectivity index (χ3n) is 4.75. The van der Waals surface area contributed by atoms with Crippen LogP contribution in [-0.4, -0.2) is 31.7 Å². The number of nitrogens with one attached hydrogen (secondary N) is 1. The first kappa shape index (κ1) is 20.9. The lowest BCUT2D eigenvalue weighted by Crippen LogP contribution is -2.26. The summed E-state index contributed by atoms with van der Waals surface area (Å²) in [5.74, 6) is 1.84. The van der Waals surface area contributed by atoms with Crippen LogP contribution in [0.3, 0.4) is 0 Å². The molecule has 4 aromatic rings. The van der Waals surface area contributed by atoms with Crippen molar-refractivity contribution in [2.24, 2.45) is 0 Å². The Labute approximate surface area is 180 Å². The molecule has 0 bridgehead atoms. The molecule has 0 saturated heterocycles. The molecular formula is C20H17ClF3N7. The number of pyridine rings is 1. The molecule has 0 fully saturated rings. The predicted octanol–water partition coefficient (Wildman–Crippen LogP) is 4.77. The largest absolute Gasteiger partial charge is 0.416 e. The molecular weight excluding hydrogens is 431 g/mol. The zero-order valence-electron chi connectivity index (χ0n) is 16.1. The van der Waals surface area contributed by atoms with E-state index in [1.54, 1.807) is 12.5 Å². The number of halogens is 4. The van der Waals surface area contributed by atoms with Crippen molar-refractivity contribution in [2.45, 2.75) is 19.0 Å². The number of hydrogen-bond acceptors (Lipinski definition) is 6. The molecule has 1 aliphatic heterocycles. The maximum atomic E-state index is 12.0. The predicted molar refractivity (Wildman–Crippen MR) is 112 cm³/mol. The van der Waals surface area contributed by atoms with Crippen molar-refractivity contribution in [1.29, 1.82) is 0 Å². The van der Waals surface area contributed by atoms with Gasteiger partial charge in [0.05, 0.1) is 22.5 Å². The number of aryl methyl sites for hydroxylation is 1. The molecule has 160 valence electrons. The minimum atomic E-state index is -4.36. The number of alkyl halides is 3. The topological polar surface area (TPSA) is 96.6 Å². The van der Waals surface area contributed by atoms with Crippen LogP contribution in [0.25, 0.3) is 11.0 Å². The Kier molecular flexibility index (Phi) is 5.64. The number of anilines is 3. The van der Waals surface area contributed by atoms with Crippen molar-refractivity contribution >= 4 is 40.0 Å². The van der Waals surface area contributed by atoms with E-state index < -0.39 is 11.7 Å². The highest BCUT2D eigenvalue weighted by Gasteiger charge is 2.30. The molecule has 11 heteroatoms. The number of benzene rings is 1. The van der Waals surface area contributed by atoms with Crippen molar-refractivity contribution in [2.75, 3.05) is 17.2 Å². The number of nitrogens with two attached hydrogens (primary N) is 1. The van der Waals surface area contributed by atoms with Gasteiger partial charge >= 0.3 is 6.18 Å². The van der Waals surface area contributed by atoms with E-state index in [1.165, 1.54) is 5.56 Å². The lowest BCUT2D eigenvalue weighted by Gasteiger charge is -2.28. The second kappa shape index (κ2) is 8.38. The first-order chi connectivity index (χ1) is 14.8. The molecule has 7 nitrogen and oxygen atoms in total. The standard InChI is InChI=1S/C13H12N6.C7H5ClF3N/c1-3-9-4-2-6-19(12(9)14-5-1)13-11-10(7-17-18-11)15-8-16-13;8-5-3-4(7(9,10)11)1-2-6(5)12/h1,3,5,7-8H,2,4,6H2,(H,17,18);1-3H,12H2. The van der Waals surface area contributed by atoms with Crippen LogP contribution in [0.2, 0.25) is 5.02 Å². The Bertz CT molecular complexity index is 1210. The van der Waals surface area contributed by atoms with Crippen LogP contribution in [-0.2, 0) is 12.6 Å². The summed E-state index contributed by atoms with van der Waals surface area (Å²) in [6.07, 6.45) is 2.91. The molecule has 0 aliphatic carbocycles. The Morgan fingerprint density at radius 1 is 1.10 bits per heavy atom. The van der Waals surface area contributed by atoms with Crippen LogP contribution in [0.4, 0.5) is 30.5 Å². The fourth-order valence-electron chi connectivity index (χ4n) is 3.27. The lowest BCUT2D eigenvalue weighted by atomic mass is 10.1. The second-order valence-electron chi connectivity index (χ2n) is 6.80. The van der Waals surface area contributed by atoms with E-state index in [1.807, 2.05) is 12.3 Å². The molecule has 0 amide bonds. The highest BCUT2D eigenvalue weighted by Crippen LogP contribution is 2.33. The van der Waals surface area contributed by atoms with Crippen molar-refractivity contribution in [3.63, 3.8) is 0 Å². The molecule has 4 heterocycles. The molecule has 1 aromatic carbocycles. The number of fused-ring (bicyclic) bond motifs is 2. The van der Waals surface area contributed by atoms with Gasteiger partial charge in [-0.25, -0.2) is 15.0 Å². The number of rotatable bonds is 1. The van der Waals surface area contributed by atoms with Gasteiger partial charge in [-0.2, -0.15) is 18.3 Å². The average molecular weight is 448 g/mol. The molecule has 0 unspecified atom stereocenters. The van der Waals surface area contributed by atoms with E-state index in [2.05, 4.69) is 36.1 Å². The Hall–Kier alpha value is -3.40. The monoisotopic (exact) mass is 447 g/mol. The number of hydrogen-bond donors (Lipinski definition) is 2. The molecule has 1 aliphatic rings. The van der Waals surface area contributed by atoms with Crippen LogP contribution < -0.4 is 10.6 Å². The van der Waals surface area contributed by atoms with Gasteiger partial charge in [0.25, 0.3) is 0 Å². The van der Waals surface area contributed by atoms with Crippen molar-refractivity contribution < 1.29 is 13.2 Å². The van der Waals surface area contributed by atoms with E-state index >= 15 is 0 Å². The van der Waals surface area contributed by atoms with Gasteiger partial charge in [-0.15, -0.1) is 0 Å². The van der Waals surface area contributed by atoms with Gasteiger partial charge in [-0.05, 0) is 42.7 Å². The minimum Gasteiger partial charge on any atom is -0.398 e. The number of nitrogen functional groups attached to an aromatic ring is 1. The molecule has 3 N–H and O–H groups in total. The van der Waals surface area contributed by atoms with E-state index in [4.69, 9.17) is 17.3 Å². The molecule has 5 rings (SSSR count). The van der Waals surface area contributed by atoms with E-state index in [-0.39, 0.29) is 10.7 Å². The summed E-state index contributed by atoms with van der Waals surface area (Å²) in [7, 11) is 0. The molecule has 3 aromatic heterocycles. The van der Waals surface area contributed by atoms with E-state index in [9.17, 15) is 13.2 Å². The quantitative estimate of drug-likeness (QED) is 0.408. The maximum Gasteiger partial charge on any atom is 0.416 e. The smallest absolute Gasteiger partial charge is 0.398 e. The van der Waals surface area contributed by atoms with Crippen LogP contribution in [0.1, 0.15) is 17.5 Å². The number of H-pyrrole nitrogens is 1. The lowest BCUT2D eigenvalue weighted by molar-refractivity contribution is -0.137.